The maximum absolute atomic E-state index is 15.0. The lowest BCUT2D eigenvalue weighted by molar-refractivity contribution is -0.260. The number of hydrogen-bond donors (Lipinski definition) is 1. The summed E-state index contributed by atoms with van der Waals surface area (Å²) in [6, 6.07) is 1.28. The lowest BCUT2D eigenvalue weighted by atomic mass is 10.0. The Hall–Kier alpha value is -3.58. The highest BCUT2D eigenvalue weighted by atomic mass is 35.5. The van der Waals surface area contributed by atoms with Gasteiger partial charge in [-0.15, -0.1) is 0 Å². The molecule has 1 aromatic carbocycles. The van der Waals surface area contributed by atoms with E-state index in [1.807, 2.05) is 0 Å². The second-order valence-corrected chi connectivity index (χ2v) is 10.7. The minimum absolute atomic E-state index is 0.0292. The maximum atomic E-state index is 15.0. The number of fused-ring (bicyclic) bond motifs is 2. The molecule has 0 unspecified atom stereocenters. The number of halogens is 5. The summed E-state index contributed by atoms with van der Waals surface area (Å²) in [5.74, 6) is -2.29. The van der Waals surface area contributed by atoms with Crippen LogP contribution in [-0.2, 0) is 4.79 Å². The third kappa shape index (κ3) is 5.05. The van der Waals surface area contributed by atoms with Crippen LogP contribution in [0.25, 0.3) is 11.3 Å². The maximum Gasteiger partial charge on any atom is 0.460 e. The number of hydrogen-bond acceptors (Lipinski definition) is 7. The van der Waals surface area contributed by atoms with Crippen LogP contribution in [0.1, 0.15) is 24.2 Å². The Balaban J connectivity index is 1.66. The van der Waals surface area contributed by atoms with Crippen LogP contribution in [0.2, 0.25) is 5.02 Å². The summed E-state index contributed by atoms with van der Waals surface area (Å²) in [4.78, 5) is 35.9. The van der Waals surface area contributed by atoms with Crippen molar-refractivity contribution in [1.82, 2.24) is 19.7 Å². The van der Waals surface area contributed by atoms with E-state index in [4.69, 9.17) is 16.3 Å². The molecular formula is C27H28ClF4N5O4. The molecule has 220 valence electrons. The third-order valence-electron chi connectivity index (χ3n) is 7.75. The molecule has 5 rings (SSSR count). The van der Waals surface area contributed by atoms with Gasteiger partial charge in [0.25, 0.3) is 5.91 Å². The molecule has 2 saturated heterocycles. The Morgan fingerprint density at radius 1 is 1.15 bits per heavy atom. The van der Waals surface area contributed by atoms with Gasteiger partial charge in [0.1, 0.15) is 40.3 Å². The SMILES string of the molecule is C=CC(=O)N1CCN2C(=O)c3c(N4C[C@H](C)N(C(F)(F)F)C[C@@H]4C)nc(-c4c(O)cccc4F)c(Cl)c3OC[C@H]2C1. The Bertz CT molecular complexity index is 1390. The number of aromatic hydroxyl groups is 1. The van der Waals surface area contributed by atoms with Crippen LogP contribution in [0, 0.1) is 5.82 Å². The van der Waals surface area contributed by atoms with E-state index in [1.54, 1.807) is 11.8 Å². The zero-order valence-corrected chi connectivity index (χ0v) is 23.0. The van der Waals surface area contributed by atoms with E-state index in [0.29, 0.717) is 4.90 Å². The first kappa shape index (κ1) is 28.9. The highest BCUT2D eigenvalue weighted by molar-refractivity contribution is 6.35. The van der Waals surface area contributed by atoms with Crippen molar-refractivity contribution in [2.75, 3.05) is 44.2 Å². The molecular weight excluding hydrogens is 570 g/mol. The van der Waals surface area contributed by atoms with E-state index in [0.717, 1.165) is 6.07 Å². The summed E-state index contributed by atoms with van der Waals surface area (Å²) < 4.78 is 62.2. The van der Waals surface area contributed by atoms with Crippen molar-refractivity contribution in [3.63, 3.8) is 0 Å². The monoisotopic (exact) mass is 597 g/mol. The Labute approximate surface area is 238 Å². The third-order valence-corrected chi connectivity index (χ3v) is 8.10. The molecule has 3 atom stereocenters. The van der Waals surface area contributed by atoms with Crippen LogP contribution in [-0.4, -0.2) is 100 Å². The van der Waals surface area contributed by atoms with Crippen molar-refractivity contribution >= 4 is 29.2 Å². The predicted molar refractivity (Wildman–Crippen MR) is 142 cm³/mol. The lowest BCUT2D eigenvalue weighted by Gasteiger charge is -2.45. The van der Waals surface area contributed by atoms with Gasteiger partial charge in [-0.2, -0.15) is 13.2 Å². The zero-order valence-electron chi connectivity index (χ0n) is 22.3. The number of piperazine rings is 2. The molecule has 2 amide bonds. The van der Waals surface area contributed by atoms with Gasteiger partial charge in [0, 0.05) is 44.8 Å². The van der Waals surface area contributed by atoms with E-state index in [-0.39, 0.29) is 72.1 Å². The normalized spacial score (nSPS) is 23.4. The van der Waals surface area contributed by atoms with Crippen molar-refractivity contribution in [1.29, 1.82) is 0 Å². The number of rotatable bonds is 3. The molecule has 9 nitrogen and oxygen atoms in total. The number of pyridine rings is 1. The van der Waals surface area contributed by atoms with Crippen molar-refractivity contribution in [3.8, 4) is 22.8 Å². The average molecular weight is 598 g/mol. The molecule has 0 saturated carbocycles. The molecule has 0 aliphatic carbocycles. The topological polar surface area (TPSA) is 89.5 Å². The summed E-state index contributed by atoms with van der Waals surface area (Å²) >= 11 is 6.71. The number of alkyl halides is 3. The molecule has 1 N–H and O–H groups in total. The smallest absolute Gasteiger partial charge is 0.460 e. The summed E-state index contributed by atoms with van der Waals surface area (Å²) in [5, 5.41) is 10.3. The summed E-state index contributed by atoms with van der Waals surface area (Å²) in [5.41, 5.74) is -0.623. The van der Waals surface area contributed by atoms with Gasteiger partial charge in [0.15, 0.2) is 5.75 Å². The van der Waals surface area contributed by atoms with Gasteiger partial charge in [0.2, 0.25) is 5.91 Å². The van der Waals surface area contributed by atoms with Crippen LogP contribution in [0.5, 0.6) is 11.5 Å². The molecule has 1 aromatic heterocycles. The molecule has 3 aliphatic rings. The van der Waals surface area contributed by atoms with Crippen molar-refractivity contribution in [3.05, 3.63) is 47.3 Å². The molecule has 3 aliphatic heterocycles. The number of benzene rings is 1. The molecule has 14 heteroatoms. The number of nitrogens with zero attached hydrogens (tertiary/aromatic N) is 5. The number of phenolic OH excluding ortho intramolecular Hbond substituents is 1. The molecule has 2 aromatic rings. The van der Waals surface area contributed by atoms with Gasteiger partial charge in [-0.05, 0) is 32.1 Å². The zero-order chi connectivity index (χ0) is 29.8. The number of amides is 2. The van der Waals surface area contributed by atoms with Gasteiger partial charge >= 0.3 is 6.30 Å². The second kappa shape index (κ2) is 10.7. The van der Waals surface area contributed by atoms with Gasteiger partial charge in [-0.25, -0.2) is 14.3 Å². The van der Waals surface area contributed by atoms with Gasteiger partial charge in [-0.1, -0.05) is 24.2 Å². The number of aromatic nitrogens is 1. The molecule has 0 radical (unpaired) electrons. The van der Waals surface area contributed by atoms with Gasteiger partial charge < -0.3 is 24.5 Å². The van der Waals surface area contributed by atoms with Crippen LogP contribution in [0.15, 0.2) is 30.9 Å². The van der Waals surface area contributed by atoms with E-state index < -0.39 is 48.4 Å². The summed E-state index contributed by atoms with van der Waals surface area (Å²) in [6.07, 6.45) is -3.39. The molecule has 0 spiro atoms. The fourth-order valence-electron chi connectivity index (χ4n) is 5.67. The second-order valence-electron chi connectivity index (χ2n) is 10.4. The summed E-state index contributed by atoms with van der Waals surface area (Å²) in [6.45, 7) is 6.39. The average Bonchev–Trinajstić information content (AvgIpc) is 3.06. The van der Waals surface area contributed by atoms with Crippen molar-refractivity contribution in [2.45, 2.75) is 38.3 Å². The highest BCUT2D eigenvalue weighted by Crippen LogP contribution is 2.46. The van der Waals surface area contributed by atoms with E-state index >= 15 is 4.39 Å². The largest absolute Gasteiger partial charge is 0.507 e. The first-order valence-corrected chi connectivity index (χ1v) is 13.4. The van der Waals surface area contributed by atoms with Crippen LogP contribution in [0.4, 0.5) is 23.4 Å². The van der Waals surface area contributed by atoms with Gasteiger partial charge in [0.05, 0.1) is 11.6 Å². The quantitative estimate of drug-likeness (QED) is 0.326. The fraction of sp³-hybridized carbons (Fsp3) is 0.444. The summed E-state index contributed by atoms with van der Waals surface area (Å²) in [7, 11) is 0. The number of ether oxygens (including phenoxy) is 1. The van der Waals surface area contributed by atoms with Crippen LogP contribution < -0.4 is 9.64 Å². The minimum Gasteiger partial charge on any atom is -0.507 e. The Morgan fingerprint density at radius 3 is 2.54 bits per heavy atom. The standard InChI is InChI=1S/C27H28ClF4N5O4/c1-4-19(39)34-8-9-35-16(12-34)13-41-24-21(26(35)40)25(36-10-15(3)37(11-14(36)2)27(30,31)32)33-23(22(24)28)20-17(29)6-5-7-18(20)38/h4-7,14-16,38H,1,8-13H2,2-3H3/t14-,15-,16+/m0/s1. The predicted octanol–water partition coefficient (Wildman–Crippen LogP) is 3.90. The molecule has 4 heterocycles. The number of anilines is 1. The molecule has 41 heavy (non-hydrogen) atoms. The van der Waals surface area contributed by atoms with E-state index in [9.17, 15) is 27.9 Å². The van der Waals surface area contributed by atoms with Crippen molar-refractivity contribution < 1.29 is 37.0 Å². The fourth-order valence-corrected chi connectivity index (χ4v) is 5.96. The van der Waals surface area contributed by atoms with Crippen LogP contribution in [0.3, 0.4) is 0 Å². The Morgan fingerprint density at radius 2 is 1.88 bits per heavy atom. The minimum atomic E-state index is -4.57. The number of carbonyl (C=O) groups is 2. The van der Waals surface area contributed by atoms with Crippen molar-refractivity contribution in [2.24, 2.45) is 0 Å². The number of carbonyl (C=O) groups excluding carboxylic acids is 2. The molecule has 0 bridgehead atoms. The molecule has 2 fully saturated rings. The number of phenols is 1. The Kier molecular flexibility index (Phi) is 7.53. The highest BCUT2D eigenvalue weighted by Gasteiger charge is 2.47. The van der Waals surface area contributed by atoms with Gasteiger partial charge in [-0.3, -0.25) is 9.59 Å². The first-order chi connectivity index (χ1) is 19.3. The van der Waals surface area contributed by atoms with E-state index in [2.05, 4.69) is 11.6 Å². The van der Waals surface area contributed by atoms with E-state index in [1.165, 1.54) is 34.9 Å². The first-order valence-electron chi connectivity index (χ1n) is 13.0. The lowest BCUT2D eigenvalue weighted by Crippen LogP contribution is -2.61. The van der Waals surface area contributed by atoms with Crippen LogP contribution >= 0.6 is 11.6 Å².